The highest BCUT2D eigenvalue weighted by Gasteiger charge is 2.32. The summed E-state index contributed by atoms with van der Waals surface area (Å²) in [5.41, 5.74) is 1.15. The van der Waals surface area contributed by atoms with Gasteiger partial charge in [-0.15, -0.1) is 11.3 Å². The van der Waals surface area contributed by atoms with E-state index < -0.39 is 5.97 Å². The Bertz CT molecular complexity index is 704. The zero-order valence-corrected chi connectivity index (χ0v) is 15.6. The van der Waals surface area contributed by atoms with Crippen LogP contribution in [0, 0.1) is 25.7 Å². The van der Waals surface area contributed by atoms with Crippen LogP contribution in [-0.4, -0.2) is 30.4 Å². The van der Waals surface area contributed by atoms with E-state index in [1.54, 1.807) is 0 Å². The number of anilines is 1. The fourth-order valence-corrected chi connectivity index (χ4v) is 3.78. The van der Waals surface area contributed by atoms with Crippen molar-refractivity contribution >= 4 is 34.1 Å². The van der Waals surface area contributed by atoms with Gasteiger partial charge in [0.2, 0.25) is 5.91 Å². The predicted octanol–water partition coefficient (Wildman–Crippen LogP) is 2.78. The number of amides is 2. The van der Waals surface area contributed by atoms with Gasteiger partial charge in [0, 0.05) is 16.8 Å². The van der Waals surface area contributed by atoms with Gasteiger partial charge in [-0.2, -0.15) is 0 Å². The molecule has 136 valence electrons. The molecular weight excluding hydrogens is 340 g/mol. The molecule has 2 aliphatic carbocycles. The number of nitrogens with one attached hydrogen (secondary N) is 2. The number of aryl methyl sites for hydroxylation is 1. The number of thiophene rings is 1. The standard InChI is InChI=1S/C18H24N2O4S/c1-9-11(3)25-17(20-16(22)13-6-7-13)15(9)18(23)24-8-14(21)19-10(2)12-4-5-12/h10,12-13H,4-8H2,1-3H3,(H,19,21)(H,20,22)/t10-/m1/s1. The molecule has 1 atom stereocenters. The number of hydrogen-bond donors (Lipinski definition) is 2. The molecule has 2 fully saturated rings. The first kappa shape index (κ1) is 17.9. The van der Waals surface area contributed by atoms with Crippen LogP contribution in [0.3, 0.4) is 0 Å². The summed E-state index contributed by atoms with van der Waals surface area (Å²) in [5, 5.41) is 6.21. The second-order valence-corrected chi connectivity index (χ2v) is 8.25. The highest BCUT2D eigenvalue weighted by Crippen LogP contribution is 2.36. The fraction of sp³-hybridized carbons (Fsp3) is 0.611. The normalized spacial score (nSPS) is 17.7. The van der Waals surface area contributed by atoms with E-state index in [9.17, 15) is 14.4 Å². The Morgan fingerprint density at radius 3 is 2.48 bits per heavy atom. The van der Waals surface area contributed by atoms with Crippen molar-refractivity contribution in [3.63, 3.8) is 0 Å². The van der Waals surface area contributed by atoms with E-state index in [-0.39, 0.29) is 30.4 Å². The molecule has 3 rings (SSSR count). The van der Waals surface area contributed by atoms with Crippen molar-refractivity contribution in [2.75, 3.05) is 11.9 Å². The summed E-state index contributed by atoms with van der Waals surface area (Å²) in [6.45, 7) is 5.38. The summed E-state index contributed by atoms with van der Waals surface area (Å²) in [6, 6.07) is 0.115. The molecule has 0 aromatic carbocycles. The Kier molecular flexibility index (Phi) is 5.13. The monoisotopic (exact) mass is 364 g/mol. The first-order valence-electron chi connectivity index (χ1n) is 8.74. The largest absolute Gasteiger partial charge is 0.452 e. The minimum atomic E-state index is -0.567. The molecule has 2 N–H and O–H groups in total. The van der Waals surface area contributed by atoms with Crippen LogP contribution < -0.4 is 10.6 Å². The Hall–Kier alpha value is -1.89. The lowest BCUT2D eigenvalue weighted by molar-refractivity contribution is -0.125. The van der Waals surface area contributed by atoms with Gasteiger partial charge < -0.3 is 15.4 Å². The summed E-state index contributed by atoms with van der Waals surface area (Å²) >= 11 is 1.37. The molecule has 2 saturated carbocycles. The second-order valence-electron chi connectivity index (χ2n) is 7.02. The van der Waals surface area contributed by atoms with E-state index in [4.69, 9.17) is 4.74 Å². The Balaban J connectivity index is 1.60. The van der Waals surface area contributed by atoms with Crippen LogP contribution in [0.15, 0.2) is 0 Å². The molecule has 0 aliphatic heterocycles. The molecule has 0 saturated heterocycles. The van der Waals surface area contributed by atoms with Crippen LogP contribution in [0.5, 0.6) is 0 Å². The van der Waals surface area contributed by atoms with Gasteiger partial charge in [-0.05, 0) is 57.9 Å². The first-order valence-corrected chi connectivity index (χ1v) is 9.55. The highest BCUT2D eigenvalue weighted by molar-refractivity contribution is 7.16. The van der Waals surface area contributed by atoms with Gasteiger partial charge in [-0.3, -0.25) is 9.59 Å². The second kappa shape index (κ2) is 7.15. The Morgan fingerprint density at radius 1 is 1.20 bits per heavy atom. The van der Waals surface area contributed by atoms with Gasteiger partial charge in [-0.25, -0.2) is 4.79 Å². The molecule has 0 radical (unpaired) electrons. The molecule has 1 aromatic rings. The summed E-state index contributed by atoms with van der Waals surface area (Å²) in [6.07, 6.45) is 4.07. The molecule has 7 heteroatoms. The summed E-state index contributed by atoms with van der Waals surface area (Å²) < 4.78 is 5.19. The van der Waals surface area contributed by atoms with Gasteiger partial charge in [0.05, 0.1) is 5.56 Å². The molecule has 1 heterocycles. The summed E-state index contributed by atoms with van der Waals surface area (Å²) in [5.74, 6) is -0.304. The van der Waals surface area contributed by atoms with Gasteiger partial charge in [-0.1, -0.05) is 0 Å². The fourth-order valence-electron chi connectivity index (χ4n) is 2.73. The van der Waals surface area contributed by atoms with Gasteiger partial charge >= 0.3 is 5.97 Å². The quantitative estimate of drug-likeness (QED) is 0.729. The van der Waals surface area contributed by atoms with E-state index >= 15 is 0 Å². The van der Waals surface area contributed by atoms with Crippen LogP contribution in [0.4, 0.5) is 5.00 Å². The minimum absolute atomic E-state index is 0.0497. The maximum Gasteiger partial charge on any atom is 0.341 e. The first-order chi connectivity index (χ1) is 11.9. The van der Waals surface area contributed by atoms with Crippen molar-refractivity contribution in [1.29, 1.82) is 0 Å². The zero-order valence-electron chi connectivity index (χ0n) is 14.8. The zero-order chi connectivity index (χ0) is 18.1. The third-order valence-electron chi connectivity index (χ3n) is 4.83. The predicted molar refractivity (Wildman–Crippen MR) is 95.8 cm³/mol. The molecule has 25 heavy (non-hydrogen) atoms. The van der Waals surface area contributed by atoms with Crippen molar-refractivity contribution in [2.24, 2.45) is 11.8 Å². The van der Waals surface area contributed by atoms with Crippen molar-refractivity contribution < 1.29 is 19.1 Å². The third-order valence-corrected chi connectivity index (χ3v) is 5.95. The van der Waals surface area contributed by atoms with Gasteiger partial charge in [0.15, 0.2) is 6.61 Å². The Morgan fingerprint density at radius 2 is 1.88 bits per heavy atom. The van der Waals surface area contributed by atoms with Gasteiger partial charge in [0.25, 0.3) is 5.91 Å². The maximum atomic E-state index is 12.5. The van der Waals surface area contributed by atoms with E-state index in [0.717, 1.165) is 36.1 Å². The van der Waals surface area contributed by atoms with Crippen LogP contribution >= 0.6 is 11.3 Å². The average molecular weight is 364 g/mol. The van der Waals surface area contributed by atoms with Gasteiger partial charge in [0.1, 0.15) is 5.00 Å². The molecule has 0 unspecified atom stereocenters. The van der Waals surface area contributed by atoms with Crippen molar-refractivity contribution in [3.8, 4) is 0 Å². The number of hydrogen-bond acceptors (Lipinski definition) is 5. The molecule has 0 spiro atoms. The Labute approximate surface area is 151 Å². The van der Waals surface area contributed by atoms with Crippen LogP contribution in [0.2, 0.25) is 0 Å². The lowest BCUT2D eigenvalue weighted by Gasteiger charge is -2.13. The number of carbonyl (C=O) groups excluding carboxylic acids is 3. The SMILES string of the molecule is Cc1sc(NC(=O)C2CC2)c(C(=O)OCC(=O)N[C@H](C)C2CC2)c1C. The minimum Gasteiger partial charge on any atom is -0.452 e. The van der Waals surface area contributed by atoms with Crippen LogP contribution in [0.1, 0.15) is 53.4 Å². The van der Waals surface area contributed by atoms with Crippen molar-refractivity contribution in [1.82, 2.24) is 5.32 Å². The van der Waals surface area contributed by atoms with E-state index in [0.29, 0.717) is 16.5 Å². The van der Waals surface area contributed by atoms with Crippen molar-refractivity contribution in [2.45, 2.75) is 52.5 Å². The molecule has 2 aliphatic rings. The summed E-state index contributed by atoms with van der Waals surface area (Å²) in [4.78, 5) is 37.3. The van der Waals surface area contributed by atoms with Crippen LogP contribution in [-0.2, 0) is 14.3 Å². The lowest BCUT2D eigenvalue weighted by atomic mass is 10.1. The molecule has 0 bridgehead atoms. The third kappa shape index (κ3) is 4.39. The molecule has 6 nitrogen and oxygen atoms in total. The number of ether oxygens (including phenoxy) is 1. The maximum absolute atomic E-state index is 12.5. The number of carbonyl (C=O) groups is 3. The molecular formula is C18H24N2O4S. The molecule has 1 aromatic heterocycles. The van der Waals surface area contributed by atoms with Crippen LogP contribution in [0.25, 0.3) is 0 Å². The number of rotatable bonds is 7. The smallest absolute Gasteiger partial charge is 0.341 e. The number of esters is 1. The van der Waals surface area contributed by atoms with E-state index in [1.165, 1.54) is 11.3 Å². The lowest BCUT2D eigenvalue weighted by Crippen LogP contribution is -2.37. The topological polar surface area (TPSA) is 84.5 Å². The average Bonchev–Trinajstić information content (AvgIpc) is 3.45. The van der Waals surface area contributed by atoms with E-state index in [1.807, 2.05) is 20.8 Å². The van der Waals surface area contributed by atoms with E-state index in [2.05, 4.69) is 10.6 Å². The highest BCUT2D eigenvalue weighted by atomic mass is 32.1. The van der Waals surface area contributed by atoms with Crippen molar-refractivity contribution in [3.05, 3.63) is 16.0 Å². The molecule has 2 amide bonds. The summed E-state index contributed by atoms with van der Waals surface area (Å²) in [7, 11) is 0.